The molecular weight excluding hydrogens is 900 g/mol. The Kier molecular flexibility index (Phi) is 13.0. The molecule has 346 valence electrons. The highest BCUT2D eigenvalue weighted by atomic mass is 31.2. The number of nitrogens with zero attached hydrogens (tertiary/aromatic N) is 6. The molecule has 0 atom stereocenters. The van der Waals surface area contributed by atoms with Gasteiger partial charge in [-0.25, -0.2) is 9.97 Å². The summed E-state index contributed by atoms with van der Waals surface area (Å²) in [6.07, 6.45) is 0. The second-order valence-electron chi connectivity index (χ2n) is 17.0. The van der Waals surface area contributed by atoms with Crippen molar-refractivity contribution in [3.05, 3.63) is 297 Å². The van der Waals surface area contributed by atoms with Gasteiger partial charge in [-0.2, -0.15) is 0 Å². The van der Waals surface area contributed by atoms with Crippen LogP contribution in [0.25, 0.3) is 0 Å². The summed E-state index contributed by atoms with van der Waals surface area (Å²) < 4.78 is 16.5. The summed E-state index contributed by atoms with van der Waals surface area (Å²) in [6, 6.07) is 100. The van der Waals surface area contributed by atoms with Gasteiger partial charge in [-0.3, -0.25) is 9.80 Å². The monoisotopic (exact) mass is 948 g/mol. The van der Waals surface area contributed by atoms with Gasteiger partial charge in [0.05, 0.1) is 0 Å². The first-order valence-corrected chi connectivity index (χ1v) is 25.6. The summed E-state index contributed by atoms with van der Waals surface area (Å²) in [5.74, 6) is 1.24. The summed E-state index contributed by atoms with van der Waals surface area (Å²) >= 11 is 0. The van der Waals surface area contributed by atoms with Gasteiger partial charge in [-0.1, -0.05) is 152 Å². The molecule has 0 bridgehead atoms. The summed E-state index contributed by atoms with van der Waals surface area (Å²) in [5.41, 5.74) is 10.7. The van der Waals surface area contributed by atoms with Crippen LogP contribution in [0, 0.1) is 0 Å². The fourth-order valence-corrected chi connectivity index (χ4v) is 11.6. The molecule has 2 aromatic heterocycles. The summed E-state index contributed by atoms with van der Waals surface area (Å²) in [7, 11) is -3.74. The van der Waals surface area contributed by atoms with Crippen molar-refractivity contribution in [3.8, 4) is 0 Å². The molecule has 8 heteroatoms. The van der Waals surface area contributed by atoms with Gasteiger partial charge in [-0.15, -0.1) is 0 Å². The summed E-state index contributed by atoms with van der Waals surface area (Å²) in [5, 5.41) is 0.634. The Bertz CT molecular complexity index is 3240. The molecule has 11 rings (SSSR count). The van der Waals surface area contributed by atoms with Gasteiger partial charge in [0.2, 0.25) is 7.14 Å². The van der Waals surface area contributed by atoms with Crippen LogP contribution in [0.15, 0.2) is 297 Å². The molecule has 0 aliphatic rings. The first-order valence-electron chi connectivity index (χ1n) is 23.9. The molecule has 0 saturated heterocycles. The van der Waals surface area contributed by atoms with E-state index in [1.54, 1.807) is 0 Å². The molecule has 0 N–H and O–H groups in total. The van der Waals surface area contributed by atoms with E-state index >= 15 is 4.57 Å². The lowest BCUT2D eigenvalue weighted by Gasteiger charge is -2.29. The first-order chi connectivity index (χ1) is 35.6. The van der Waals surface area contributed by atoms with Crippen LogP contribution < -0.4 is 35.8 Å². The topological polar surface area (TPSA) is 55.8 Å². The lowest BCUT2D eigenvalue weighted by Crippen LogP contribution is -2.30. The number of anilines is 12. The fraction of sp³-hybridized carbons (Fsp3) is 0. The molecule has 9 aromatic carbocycles. The molecule has 0 radical (unpaired) electrons. The largest absolute Gasteiger partial charge is 0.311 e. The third kappa shape index (κ3) is 9.28. The van der Waals surface area contributed by atoms with Crippen LogP contribution in [0.3, 0.4) is 0 Å². The Morgan fingerprint density at radius 2 is 0.444 bits per heavy atom. The molecule has 72 heavy (non-hydrogen) atoms. The van der Waals surface area contributed by atoms with Crippen LogP contribution in [0.2, 0.25) is 0 Å². The smallest absolute Gasteiger partial charge is 0.206 e. The summed E-state index contributed by atoms with van der Waals surface area (Å²) in [4.78, 5) is 19.4. The number of hydrogen-bond acceptors (Lipinski definition) is 7. The molecule has 11 aromatic rings. The van der Waals surface area contributed by atoms with E-state index in [1.807, 2.05) is 127 Å². The molecule has 0 spiro atoms. The Morgan fingerprint density at radius 3 is 0.722 bits per heavy atom. The quantitative estimate of drug-likeness (QED) is 0.0949. The highest BCUT2D eigenvalue weighted by Crippen LogP contribution is 2.45. The van der Waals surface area contributed by atoms with Crippen LogP contribution in [0.5, 0.6) is 0 Å². The Balaban J connectivity index is 0.995. The maximum atomic E-state index is 16.5. The van der Waals surface area contributed by atoms with Crippen molar-refractivity contribution in [1.82, 2.24) is 9.97 Å². The van der Waals surface area contributed by atoms with Crippen molar-refractivity contribution < 1.29 is 4.57 Å². The van der Waals surface area contributed by atoms with Crippen molar-refractivity contribution in [2.45, 2.75) is 0 Å². The highest BCUT2D eigenvalue weighted by Gasteiger charge is 2.34. The SMILES string of the molecule is O=P(c1ccccc1)(c1cccc(N(c2ccccc2)c2ccc(N(c3ccccc3)c3ccccc3)cc2)n1)c1cccc(N(c2ccccc2)c2ccc(N(c3ccccc3)c3ccccc3)cc2)n1. The number of hydrogen-bond donors (Lipinski definition) is 0. The zero-order chi connectivity index (χ0) is 48.5. The number of rotatable bonds is 15. The maximum Gasteiger partial charge on any atom is 0.206 e. The van der Waals surface area contributed by atoms with Crippen molar-refractivity contribution in [2.75, 3.05) is 19.6 Å². The highest BCUT2D eigenvalue weighted by molar-refractivity contribution is 7.85. The van der Waals surface area contributed by atoms with Gasteiger partial charge in [-0.05, 0) is 146 Å². The molecule has 0 aliphatic heterocycles. The zero-order valence-corrected chi connectivity index (χ0v) is 40.2. The van der Waals surface area contributed by atoms with Crippen LogP contribution in [-0.4, -0.2) is 9.97 Å². The molecule has 0 aliphatic carbocycles. The molecule has 0 saturated carbocycles. The molecule has 2 heterocycles. The third-order valence-electron chi connectivity index (χ3n) is 12.5. The van der Waals surface area contributed by atoms with E-state index in [9.17, 15) is 0 Å². The molecule has 0 fully saturated rings. The molecule has 0 amide bonds. The van der Waals surface area contributed by atoms with E-state index in [0.29, 0.717) is 27.8 Å². The molecule has 0 unspecified atom stereocenters. The molecular formula is C64H49N6OP. The lowest BCUT2D eigenvalue weighted by atomic mass is 10.1. The average Bonchev–Trinajstić information content (AvgIpc) is 3.46. The van der Waals surface area contributed by atoms with Gasteiger partial charge in [0, 0.05) is 62.2 Å². The van der Waals surface area contributed by atoms with Gasteiger partial charge in [0.1, 0.15) is 22.5 Å². The predicted molar refractivity (Wildman–Crippen MR) is 300 cm³/mol. The van der Waals surface area contributed by atoms with E-state index in [1.165, 1.54) is 0 Å². The average molecular weight is 949 g/mol. The van der Waals surface area contributed by atoms with Crippen LogP contribution in [0.4, 0.5) is 68.5 Å². The lowest BCUT2D eigenvalue weighted by molar-refractivity contribution is 0.591. The fourth-order valence-electron chi connectivity index (χ4n) is 9.13. The van der Waals surface area contributed by atoms with Crippen LogP contribution >= 0.6 is 7.14 Å². The van der Waals surface area contributed by atoms with E-state index in [0.717, 1.165) is 56.9 Å². The predicted octanol–water partition coefficient (Wildman–Crippen LogP) is 16.0. The Labute approximate surface area is 421 Å². The standard InChI is InChI=1S/C64H49N6OP/c71-72(60-36-20-7-21-37-60,63-40-22-38-61(65-63)69(54-32-16-5-17-33-54)58-46-42-56(43-47-58)67(50-24-8-1-9-25-50)51-26-10-2-11-27-51)64-41-23-39-62(66-64)70(55-34-18-6-19-35-55)59-48-44-57(45-49-59)68(52-28-12-3-13-29-52)53-30-14-4-15-31-53/h1-49H. The summed E-state index contributed by atoms with van der Waals surface area (Å²) in [6.45, 7) is 0. The van der Waals surface area contributed by atoms with Crippen LogP contribution in [-0.2, 0) is 4.57 Å². The Hall–Kier alpha value is -9.29. The first kappa shape index (κ1) is 45.2. The van der Waals surface area contributed by atoms with E-state index in [-0.39, 0.29) is 0 Å². The normalized spacial score (nSPS) is 11.1. The minimum Gasteiger partial charge on any atom is -0.311 e. The second kappa shape index (κ2) is 20.7. The van der Waals surface area contributed by atoms with Crippen LogP contribution in [0.1, 0.15) is 0 Å². The van der Waals surface area contributed by atoms with Gasteiger partial charge < -0.3 is 14.4 Å². The van der Waals surface area contributed by atoms with Crippen molar-refractivity contribution >= 4 is 91.8 Å². The van der Waals surface area contributed by atoms with E-state index in [2.05, 4.69) is 189 Å². The van der Waals surface area contributed by atoms with Gasteiger partial charge in [0.15, 0.2) is 0 Å². The number of pyridine rings is 2. The minimum absolute atomic E-state index is 0.422. The van der Waals surface area contributed by atoms with Crippen molar-refractivity contribution in [2.24, 2.45) is 0 Å². The van der Waals surface area contributed by atoms with Crippen molar-refractivity contribution in [3.63, 3.8) is 0 Å². The van der Waals surface area contributed by atoms with Crippen molar-refractivity contribution in [1.29, 1.82) is 0 Å². The van der Waals surface area contributed by atoms with E-state index < -0.39 is 7.14 Å². The number of para-hydroxylation sites is 6. The van der Waals surface area contributed by atoms with Gasteiger partial charge in [0.25, 0.3) is 0 Å². The number of aromatic nitrogens is 2. The second-order valence-corrected chi connectivity index (χ2v) is 19.7. The minimum atomic E-state index is -3.74. The van der Waals surface area contributed by atoms with E-state index in [4.69, 9.17) is 9.97 Å². The maximum absolute atomic E-state index is 16.5. The van der Waals surface area contributed by atoms with Gasteiger partial charge >= 0.3 is 0 Å². The Morgan fingerprint density at radius 1 is 0.222 bits per heavy atom. The third-order valence-corrected chi connectivity index (χ3v) is 15.3. The zero-order valence-electron chi connectivity index (χ0n) is 39.3. The number of benzene rings is 9. The molecule has 7 nitrogen and oxygen atoms in total.